The second kappa shape index (κ2) is 16.8. The molecule has 17 nitrogen and oxygen atoms in total. The lowest BCUT2D eigenvalue weighted by atomic mass is 9.33. The van der Waals surface area contributed by atoms with Gasteiger partial charge in [-0.05, 0) is 97.7 Å². The maximum atomic E-state index is 14.1. The van der Waals surface area contributed by atoms with E-state index in [2.05, 4.69) is 40.7 Å². The second-order valence-corrected chi connectivity index (χ2v) is 21.8. The SMILES string of the molecule is CC(O)CC(=O)O[C@@H]1CO[C@@H](O[C@H]2[C@H](O[C@@H]3C[C@]4(C)C(=CC[C@@H]5[C@@]6(C)C[C@H](O)[C@H](O)[C@@](C)(CO)[C@@H]6CC[C@]54C)[C@@H]4CC(C)(C)CC[C@]34C(=O)O)O[C@H](CO)[C@@H](O)[C@@H]2O)[C@@H](O)[C@@H]1O. The Kier molecular flexibility index (Phi) is 13.0. The average Bonchev–Trinajstić information content (AvgIpc) is 3.18. The standard InChI is InChI=1S/C45H72O17/c1-21(48)14-30(50)59-26-19-58-37(34(54)32(26)52)62-35-33(53)31(51)25(18-46)60-38(35)61-29-17-44(7)22(23-15-40(2,3)12-13-45(23,29)39(56)57)8-9-28-41(4)16-24(49)36(55)42(5,20-47)27(41)10-11-43(28,44)6/h8,21,23-29,31-38,46-49,51-55H,9-20H2,1-7H3,(H,56,57)/t21?,23-,24-,25+,26+,27+,28+,29+,31+,32+,33-,34-,35+,36-,37-,38-,41-,42-,43+,44+,45+/m0/s1. The van der Waals surface area contributed by atoms with Crippen LogP contribution in [-0.4, -0.2) is 163 Å². The fourth-order valence-electron chi connectivity index (χ4n) is 14.1. The Labute approximate surface area is 363 Å². The Morgan fingerprint density at radius 3 is 2.18 bits per heavy atom. The fraction of sp³-hybridized carbons (Fsp3) is 0.911. The molecule has 0 aromatic heterocycles. The molecule has 0 spiro atoms. The fourth-order valence-corrected chi connectivity index (χ4v) is 14.1. The molecule has 0 bridgehead atoms. The third-order valence-electron chi connectivity index (χ3n) is 17.7. The number of carboxylic acid groups (broad SMARTS) is 1. The minimum Gasteiger partial charge on any atom is -0.481 e. The molecule has 10 N–H and O–H groups in total. The smallest absolute Gasteiger partial charge is 0.312 e. The van der Waals surface area contributed by atoms with Crippen LogP contribution in [-0.2, 0) is 33.3 Å². The summed E-state index contributed by atoms with van der Waals surface area (Å²) < 4.78 is 30.1. The second-order valence-electron chi connectivity index (χ2n) is 21.8. The molecule has 6 fully saturated rings. The number of esters is 1. The third kappa shape index (κ3) is 7.41. The number of fused-ring (bicyclic) bond motifs is 7. The summed E-state index contributed by atoms with van der Waals surface area (Å²) in [5.41, 5.74) is -3.34. The first-order valence-corrected chi connectivity index (χ1v) is 22.5. The Balaban J connectivity index is 1.25. The van der Waals surface area contributed by atoms with E-state index < -0.39 is 138 Å². The summed E-state index contributed by atoms with van der Waals surface area (Å²) in [5.74, 6) is -2.56. The molecular formula is C45H72O17. The molecule has 17 heteroatoms. The summed E-state index contributed by atoms with van der Waals surface area (Å²) in [6.45, 7) is 12.6. The molecule has 2 heterocycles. The van der Waals surface area contributed by atoms with Crippen LogP contribution in [0.2, 0.25) is 0 Å². The Bertz CT molecular complexity index is 1710. The number of rotatable bonds is 10. The molecule has 21 atom stereocenters. The van der Waals surface area contributed by atoms with Gasteiger partial charge in [0.05, 0.1) is 50.7 Å². The first kappa shape index (κ1) is 48.1. The highest BCUT2D eigenvalue weighted by molar-refractivity contribution is 5.78. The van der Waals surface area contributed by atoms with E-state index in [0.29, 0.717) is 38.5 Å². The Morgan fingerprint density at radius 2 is 1.55 bits per heavy atom. The van der Waals surface area contributed by atoms with Crippen LogP contribution in [0.25, 0.3) is 0 Å². The van der Waals surface area contributed by atoms with Crippen LogP contribution in [0.4, 0.5) is 0 Å². The molecule has 0 amide bonds. The molecule has 2 aliphatic heterocycles. The van der Waals surface area contributed by atoms with Crippen molar-refractivity contribution in [2.24, 2.45) is 50.2 Å². The van der Waals surface area contributed by atoms with Crippen molar-refractivity contribution in [1.82, 2.24) is 0 Å². The van der Waals surface area contributed by atoms with Gasteiger partial charge in [0.2, 0.25) is 0 Å². The first-order chi connectivity index (χ1) is 28.8. The van der Waals surface area contributed by atoms with Crippen molar-refractivity contribution in [2.75, 3.05) is 19.8 Å². The van der Waals surface area contributed by atoms with Crippen LogP contribution in [0.3, 0.4) is 0 Å². The average molecular weight is 885 g/mol. The van der Waals surface area contributed by atoms with E-state index in [1.807, 2.05) is 6.92 Å². The van der Waals surface area contributed by atoms with Crippen LogP contribution >= 0.6 is 0 Å². The first-order valence-electron chi connectivity index (χ1n) is 22.5. The van der Waals surface area contributed by atoms with Crippen LogP contribution < -0.4 is 0 Å². The zero-order chi connectivity index (χ0) is 45.7. The number of carbonyl (C=O) groups is 2. The monoisotopic (exact) mass is 884 g/mol. The maximum Gasteiger partial charge on any atom is 0.312 e. The molecule has 7 rings (SSSR count). The molecule has 2 saturated heterocycles. The van der Waals surface area contributed by atoms with Gasteiger partial charge in [-0.3, -0.25) is 9.59 Å². The molecule has 5 aliphatic carbocycles. The third-order valence-corrected chi connectivity index (χ3v) is 17.7. The van der Waals surface area contributed by atoms with E-state index in [1.54, 1.807) is 0 Å². The van der Waals surface area contributed by atoms with Gasteiger partial charge in [-0.1, -0.05) is 53.2 Å². The summed E-state index contributed by atoms with van der Waals surface area (Å²) in [5, 5.41) is 110. The van der Waals surface area contributed by atoms with Crippen molar-refractivity contribution >= 4 is 11.9 Å². The number of carboxylic acids is 1. The van der Waals surface area contributed by atoms with Crippen molar-refractivity contribution in [3.63, 3.8) is 0 Å². The minimum absolute atomic E-state index is 0.0469. The van der Waals surface area contributed by atoms with Gasteiger partial charge in [-0.25, -0.2) is 0 Å². The maximum absolute atomic E-state index is 14.1. The lowest BCUT2D eigenvalue weighted by molar-refractivity contribution is -0.370. The Hall–Kier alpha value is -1.84. The summed E-state index contributed by atoms with van der Waals surface area (Å²) in [4.78, 5) is 26.3. The summed E-state index contributed by atoms with van der Waals surface area (Å²) >= 11 is 0. The number of aliphatic hydroxyl groups excluding tert-OH is 9. The predicted molar refractivity (Wildman–Crippen MR) is 216 cm³/mol. The van der Waals surface area contributed by atoms with Gasteiger partial charge in [-0.15, -0.1) is 0 Å². The van der Waals surface area contributed by atoms with Crippen molar-refractivity contribution in [1.29, 1.82) is 0 Å². The normalized spacial score (nSPS) is 51.7. The topological polar surface area (TPSA) is 283 Å². The lowest BCUT2D eigenvalue weighted by Crippen LogP contribution is -2.70. The molecule has 4 saturated carbocycles. The van der Waals surface area contributed by atoms with Gasteiger partial charge < -0.3 is 74.7 Å². The number of hydrogen-bond acceptors (Lipinski definition) is 16. The van der Waals surface area contributed by atoms with Gasteiger partial charge in [0.15, 0.2) is 18.7 Å². The highest BCUT2D eigenvalue weighted by Gasteiger charge is 2.73. The summed E-state index contributed by atoms with van der Waals surface area (Å²) in [6.07, 6.45) is -13.4. The van der Waals surface area contributed by atoms with Gasteiger partial charge in [0, 0.05) is 5.41 Å². The van der Waals surface area contributed by atoms with Crippen LogP contribution in [0, 0.1) is 50.2 Å². The summed E-state index contributed by atoms with van der Waals surface area (Å²) in [6, 6.07) is 0. The molecule has 0 radical (unpaired) electrons. The highest BCUT2D eigenvalue weighted by atomic mass is 16.8. The molecule has 7 aliphatic rings. The molecular weight excluding hydrogens is 812 g/mol. The highest BCUT2D eigenvalue weighted by Crippen LogP contribution is 2.76. The van der Waals surface area contributed by atoms with Crippen molar-refractivity contribution in [2.45, 2.75) is 186 Å². The molecule has 0 aromatic rings. The zero-order valence-corrected chi connectivity index (χ0v) is 37.1. The van der Waals surface area contributed by atoms with Crippen molar-refractivity contribution in [3.05, 3.63) is 11.6 Å². The Morgan fingerprint density at radius 1 is 0.855 bits per heavy atom. The van der Waals surface area contributed by atoms with E-state index in [0.717, 1.165) is 5.57 Å². The molecule has 354 valence electrons. The quantitative estimate of drug-likeness (QED) is 0.107. The number of aliphatic hydroxyl groups is 9. The van der Waals surface area contributed by atoms with Gasteiger partial charge in [0.1, 0.15) is 42.0 Å². The van der Waals surface area contributed by atoms with E-state index in [9.17, 15) is 60.7 Å². The van der Waals surface area contributed by atoms with Crippen LogP contribution in [0.5, 0.6) is 0 Å². The molecule has 62 heavy (non-hydrogen) atoms. The van der Waals surface area contributed by atoms with Gasteiger partial charge in [0.25, 0.3) is 0 Å². The summed E-state index contributed by atoms with van der Waals surface area (Å²) in [7, 11) is 0. The van der Waals surface area contributed by atoms with E-state index in [1.165, 1.54) is 6.92 Å². The van der Waals surface area contributed by atoms with Crippen LogP contribution in [0.1, 0.15) is 106 Å². The molecule has 0 aromatic carbocycles. The minimum atomic E-state index is -1.85. The van der Waals surface area contributed by atoms with E-state index >= 15 is 0 Å². The number of ether oxygens (including phenoxy) is 5. The number of hydrogen-bond donors (Lipinski definition) is 10. The van der Waals surface area contributed by atoms with Gasteiger partial charge in [-0.2, -0.15) is 0 Å². The molecule has 1 unspecified atom stereocenters. The number of allylic oxidation sites excluding steroid dienone is 2. The zero-order valence-electron chi connectivity index (χ0n) is 37.1. The largest absolute Gasteiger partial charge is 0.481 e. The van der Waals surface area contributed by atoms with Crippen molar-refractivity contribution < 1.29 is 84.3 Å². The van der Waals surface area contributed by atoms with Crippen LogP contribution in [0.15, 0.2) is 11.6 Å². The number of carbonyl (C=O) groups excluding carboxylic acids is 1. The van der Waals surface area contributed by atoms with Gasteiger partial charge >= 0.3 is 11.9 Å². The van der Waals surface area contributed by atoms with E-state index in [4.69, 9.17) is 23.7 Å². The van der Waals surface area contributed by atoms with Crippen molar-refractivity contribution in [3.8, 4) is 0 Å². The lowest BCUT2D eigenvalue weighted by Gasteiger charge is -2.72. The number of aliphatic carboxylic acids is 1. The predicted octanol–water partition coefficient (Wildman–Crippen LogP) is 0.757. The van der Waals surface area contributed by atoms with E-state index in [-0.39, 0.29) is 43.1 Å².